The predicted octanol–water partition coefficient (Wildman–Crippen LogP) is 2.60. The zero-order valence-electron chi connectivity index (χ0n) is 16.5. The molecular formula is C20H34N4O2. The molecule has 1 aromatic rings. The van der Waals surface area contributed by atoms with Crippen LogP contribution >= 0.6 is 0 Å². The van der Waals surface area contributed by atoms with E-state index in [0.29, 0.717) is 0 Å². The fourth-order valence-electron chi connectivity index (χ4n) is 3.05. The molecule has 146 valence electrons. The number of rotatable bonds is 9. The number of hydrogen-bond acceptors (Lipinski definition) is 4. The van der Waals surface area contributed by atoms with Gasteiger partial charge in [-0.05, 0) is 38.8 Å². The molecule has 0 aliphatic carbocycles. The van der Waals surface area contributed by atoms with Crippen molar-refractivity contribution in [2.45, 2.75) is 26.7 Å². The van der Waals surface area contributed by atoms with Crippen molar-refractivity contribution in [3.05, 3.63) is 24.3 Å². The van der Waals surface area contributed by atoms with Crippen LogP contribution in [0.1, 0.15) is 26.7 Å². The molecule has 1 aliphatic heterocycles. The minimum absolute atomic E-state index is 0.795. The van der Waals surface area contributed by atoms with Gasteiger partial charge < -0.3 is 24.6 Å². The first kappa shape index (κ1) is 20.4. The van der Waals surface area contributed by atoms with Crippen molar-refractivity contribution in [1.29, 1.82) is 0 Å². The number of anilines is 1. The highest BCUT2D eigenvalue weighted by molar-refractivity contribution is 5.80. The molecule has 0 radical (unpaired) electrons. The number of piperazine rings is 1. The van der Waals surface area contributed by atoms with Gasteiger partial charge in [0.2, 0.25) is 0 Å². The number of aliphatic imine (C=N–C) groups is 1. The van der Waals surface area contributed by atoms with Crippen LogP contribution in [0.25, 0.3) is 0 Å². The fourth-order valence-corrected chi connectivity index (χ4v) is 3.05. The van der Waals surface area contributed by atoms with Gasteiger partial charge in [-0.25, -0.2) is 0 Å². The second kappa shape index (κ2) is 11.6. The fraction of sp³-hybridized carbons (Fsp3) is 0.650. The summed E-state index contributed by atoms with van der Waals surface area (Å²) < 4.78 is 10.7. The van der Waals surface area contributed by atoms with Crippen LogP contribution in [0.4, 0.5) is 5.69 Å². The van der Waals surface area contributed by atoms with E-state index in [-0.39, 0.29) is 0 Å². The number of nitrogens with zero attached hydrogens (tertiary/aromatic N) is 3. The first-order valence-corrected chi connectivity index (χ1v) is 9.78. The van der Waals surface area contributed by atoms with Crippen LogP contribution in [-0.2, 0) is 4.74 Å². The summed E-state index contributed by atoms with van der Waals surface area (Å²) in [7, 11) is 1.71. The summed E-state index contributed by atoms with van der Waals surface area (Å²) in [5, 5.41) is 3.43. The highest BCUT2D eigenvalue weighted by Gasteiger charge is 2.20. The van der Waals surface area contributed by atoms with Crippen LogP contribution in [0.15, 0.2) is 29.3 Å². The van der Waals surface area contributed by atoms with Gasteiger partial charge in [-0.3, -0.25) is 4.99 Å². The van der Waals surface area contributed by atoms with Crippen molar-refractivity contribution in [2.24, 2.45) is 4.99 Å². The lowest BCUT2D eigenvalue weighted by Crippen LogP contribution is -2.52. The van der Waals surface area contributed by atoms with Gasteiger partial charge in [-0.2, -0.15) is 0 Å². The molecule has 0 saturated carbocycles. The average molecular weight is 363 g/mol. The number of ether oxygens (including phenoxy) is 2. The van der Waals surface area contributed by atoms with Crippen LogP contribution < -0.4 is 15.0 Å². The van der Waals surface area contributed by atoms with Gasteiger partial charge in [0.25, 0.3) is 0 Å². The van der Waals surface area contributed by atoms with E-state index in [1.54, 1.807) is 7.11 Å². The van der Waals surface area contributed by atoms with Crippen molar-refractivity contribution in [3.8, 4) is 5.75 Å². The monoisotopic (exact) mass is 362 g/mol. The Bertz CT molecular complexity index is 542. The second-order valence-corrected chi connectivity index (χ2v) is 6.32. The van der Waals surface area contributed by atoms with Gasteiger partial charge in [-0.15, -0.1) is 0 Å². The average Bonchev–Trinajstić information content (AvgIpc) is 2.70. The van der Waals surface area contributed by atoms with Crippen molar-refractivity contribution in [2.75, 3.05) is 64.5 Å². The van der Waals surface area contributed by atoms with Crippen molar-refractivity contribution in [3.63, 3.8) is 0 Å². The van der Waals surface area contributed by atoms with E-state index in [4.69, 9.17) is 14.5 Å². The van der Waals surface area contributed by atoms with E-state index in [1.807, 2.05) is 19.1 Å². The molecule has 2 rings (SSSR count). The molecule has 6 nitrogen and oxygen atoms in total. The Morgan fingerprint density at radius 3 is 2.65 bits per heavy atom. The molecule has 0 amide bonds. The molecule has 1 aliphatic rings. The third kappa shape index (κ3) is 6.41. The lowest BCUT2D eigenvalue weighted by atomic mass is 10.2. The summed E-state index contributed by atoms with van der Waals surface area (Å²) in [6.07, 6.45) is 2.14. The molecule has 1 fully saturated rings. The molecule has 0 spiro atoms. The number of guanidine groups is 1. The summed E-state index contributed by atoms with van der Waals surface area (Å²) in [6, 6.07) is 8.29. The SMILES string of the molecule is CCNC(=NCCCCOCC)N1CCN(c2cccc(OC)c2)CC1. The Kier molecular flexibility index (Phi) is 9.10. The first-order chi connectivity index (χ1) is 12.8. The molecule has 1 saturated heterocycles. The number of unbranched alkanes of at least 4 members (excludes halogenated alkanes) is 1. The quantitative estimate of drug-likeness (QED) is 0.416. The maximum atomic E-state index is 5.39. The predicted molar refractivity (Wildman–Crippen MR) is 108 cm³/mol. The van der Waals surface area contributed by atoms with Crippen LogP contribution in [0.3, 0.4) is 0 Å². The maximum absolute atomic E-state index is 5.39. The molecule has 0 bridgehead atoms. The summed E-state index contributed by atoms with van der Waals surface area (Å²) in [6.45, 7) is 11.5. The largest absolute Gasteiger partial charge is 0.497 e. The number of methoxy groups -OCH3 is 1. The molecule has 1 aromatic carbocycles. The number of hydrogen-bond donors (Lipinski definition) is 1. The van der Waals surface area contributed by atoms with Gasteiger partial charge >= 0.3 is 0 Å². The standard InChI is InChI=1S/C20H34N4O2/c1-4-21-20(22-11-6-7-16-26-5-2)24-14-12-23(13-15-24)18-9-8-10-19(17-18)25-3/h8-10,17H,4-7,11-16H2,1-3H3,(H,21,22). The van der Waals surface area contributed by atoms with Crippen LogP contribution in [-0.4, -0.2) is 70.5 Å². The number of benzene rings is 1. The van der Waals surface area contributed by atoms with Gasteiger partial charge in [0.1, 0.15) is 5.75 Å². The van der Waals surface area contributed by atoms with Crippen LogP contribution in [0.2, 0.25) is 0 Å². The van der Waals surface area contributed by atoms with E-state index in [0.717, 1.165) is 77.0 Å². The van der Waals surface area contributed by atoms with Gasteiger partial charge in [-0.1, -0.05) is 6.07 Å². The molecule has 26 heavy (non-hydrogen) atoms. The Morgan fingerprint density at radius 1 is 1.15 bits per heavy atom. The van der Waals surface area contributed by atoms with Gasteiger partial charge in [0.05, 0.1) is 7.11 Å². The first-order valence-electron chi connectivity index (χ1n) is 9.78. The minimum Gasteiger partial charge on any atom is -0.497 e. The lowest BCUT2D eigenvalue weighted by molar-refractivity contribution is 0.144. The molecule has 1 heterocycles. The van der Waals surface area contributed by atoms with Crippen molar-refractivity contribution >= 4 is 11.6 Å². The zero-order chi connectivity index (χ0) is 18.6. The van der Waals surface area contributed by atoms with E-state index in [2.05, 4.69) is 34.2 Å². The third-order valence-electron chi connectivity index (χ3n) is 4.50. The summed E-state index contributed by atoms with van der Waals surface area (Å²) in [5.41, 5.74) is 1.22. The highest BCUT2D eigenvalue weighted by atomic mass is 16.5. The van der Waals surface area contributed by atoms with Gasteiger partial charge in [0, 0.05) is 64.2 Å². The Balaban J connectivity index is 1.84. The molecule has 6 heteroatoms. The van der Waals surface area contributed by atoms with E-state index in [1.165, 1.54) is 5.69 Å². The second-order valence-electron chi connectivity index (χ2n) is 6.32. The summed E-state index contributed by atoms with van der Waals surface area (Å²) in [5.74, 6) is 1.95. The Hall–Kier alpha value is -1.95. The smallest absolute Gasteiger partial charge is 0.194 e. The third-order valence-corrected chi connectivity index (χ3v) is 4.50. The van der Waals surface area contributed by atoms with Gasteiger partial charge in [0.15, 0.2) is 5.96 Å². The lowest BCUT2D eigenvalue weighted by Gasteiger charge is -2.37. The number of nitrogens with one attached hydrogen (secondary N) is 1. The highest BCUT2D eigenvalue weighted by Crippen LogP contribution is 2.22. The molecular weight excluding hydrogens is 328 g/mol. The minimum atomic E-state index is 0.795. The zero-order valence-corrected chi connectivity index (χ0v) is 16.5. The maximum Gasteiger partial charge on any atom is 0.194 e. The summed E-state index contributed by atoms with van der Waals surface area (Å²) in [4.78, 5) is 9.57. The van der Waals surface area contributed by atoms with Crippen molar-refractivity contribution in [1.82, 2.24) is 10.2 Å². The Labute approximate surface area is 158 Å². The van der Waals surface area contributed by atoms with E-state index >= 15 is 0 Å². The summed E-state index contributed by atoms with van der Waals surface area (Å²) >= 11 is 0. The molecule has 0 atom stereocenters. The Morgan fingerprint density at radius 2 is 1.96 bits per heavy atom. The van der Waals surface area contributed by atoms with E-state index in [9.17, 15) is 0 Å². The molecule has 0 aromatic heterocycles. The van der Waals surface area contributed by atoms with Crippen LogP contribution in [0, 0.1) is 0 Å². The molecule has 1 N–H and O–H groups in total. The van der Waals surface area contributed by atoms with Crippen molar-refractivity contribution < 1.29 is 9.47 Å². The van der Waals surface area contributed by atoms with E-state index < -0.39 is 0 Å². The normalized spacial score (nSPS) is 15.3. The topological polar surface area (TPSA) is 49.3 Å². The molecule has 0 unspecified atom stereocenters. The van der Waals surface area contributed by atoms with Crippen LogP contribution in [0.5, 0.6) is 5.75 Å².